The molecule has 0 heterocycles. The van der Waals surface area contributed by atoms with Crippen LogP contribution in [0.25, 0.3) is 5.57 Å². The Kier molecular flexibility index (Phi) is 6.61. The third kappa shape index (κ3) is 5.32. The van der Waals surface area contributed by atoms with Crippen LogP contribution in [0.4, 0.5) is 38.1 Å². The number of amides is 2. The fourth-order valence-corrected chi connectivity index (χ4v) is 2.96. The molecule has 2 N–H and O–H groups in total. The van der Waals surface area contributed by atoms with E-state index >= 15 is 0 Å². The molecule has 0 fully saturated rings. The van der Waals surface area contributed by atoms with Crippen molar-refractivity contribution >= 4 is 28.8 Å². The molecule has 1 aliphatic rings. The van der Waals surface area contributed by atoms with Gasteiger partial charge in [-0.3, -0.25) is 4.79 Å². The monoisotopic (exact) mass is 452 g/mol. The second-order valence-electron chi connectivity index (χ2n) is 6.69. The lowest BCUT2D eigenvalue weighted by molar-refractivity contribution is -0.139. The van der Waals surface area contributed by atoms with Gasteiger partial charge in [0, 0.05) is 12.1 Å². The maximum absolute atomic E-state index is 14.5. The molecule has 0 saturated carbocycles. The smallest absolute Gasteiger partial charge is 0.419 e. The quantitative estimate of drug-likeness (QED) is 0.555. The molecule has 2 amide bonds. The Morgan fingerprint density at radius 2 is 1.81 bits per heavy atom. The number of Topliss-reactive ketones (excluding diaryl/α,β-unsaturated/α-hetero) is 1. The number of hydrogen-bond acceptors (Lipinski definition) is 3. The van der Waals surface area contributed by atoms with Gasteiger partial charge >= 0.3 is 12.2 Å². The van der Waals surface area contributed by atoms with E-state index in [0.717, 1.165) is 12.1 Å². The molecule has 0 unspecified atom stereocenters. The fraction of sp³-hybridized carbons (Fsp3) is 0.182. The van der Waals surface area contributed by atoms with Gasteiger partial charge in [0.05, 0.1) is 17.9 Å². The molecule has 2 aromatic carbocycles. The van der Waals surface area contributed by atoms with Crippen molar-refractivity contribution in [3.05, 3.63) is 77.1 Å². The zero-order valence-electron chi connectivity index (χ0n) is 16.6. The number of benzene rings is 2. The number of carbonyl (C=O) groups excluding carboxylic acids is 2. The molecule has 0 aromatic heterocycles. The Labute approximate surface area is 179 Å². The second kappa shape index (κ2) is 9.21. The van der Waals surface area contributed by atoms with E-state index in [2.05, 4.69) is 10.6 Å². The topological polar surface area (TPSA) is 67.4 Å². The summed E-state index contributed by atoms with van der Waals surface area (Å²) in [6.07, 6.45) is -1.72. The number of alkyl halides is 3. The second-order valence-corrected chi connectivity index (χ2v) is 6.69. The van der Waals surface area contributed by atoms with E-state index in [-0.39, 0.29) is 29.3 Å². The van der Waals surface area contributed by atoms with E-state index < -0.39 is 29.4 Å². The summed E-state index contributed by atoms with van der Waals surface area (Å²) in [4.78, 5) is 23.9. The molecule has 0 spiro atoms. The summed E-state index contributed by atoms with van der Waals surface area (Å²) < 4.78 is 71.5. The van der Waals surface area contributed by atoms with Crippen LogP contribution in [0.3, 0.4) is 0 Å². The molecule has 1 aliphatic carbocycles. The molecule has 168 valence electrons. The van der Waals surface area contributed by atoms with Crippen molar-refractivity contribution in [1.82, 2.24) is 0 Å². The van der Waals surface area contributed by atoms with E-state index in [1.165, 1.54) is 18.2 Å². The number of ketones is 1. The summed E-state index contributed by atoms with van der Waals surface area (Å²) in [7, 11) is 0. The molecule has 0 aliphatic heterocycles. The average Bonchev–Trinajstić information content (AvgIpc) is 2.72. The van der Waals surface area contributed by atoms with E-state index in [4.69, 9.17) is 4.74 Å². The van der Waals surface area contributed by atoms with Crippen LogP contribution in [0.5, 0.6) is 0 Å². The minimum atomic E-state index is -4.94. The Hall–Kier alpha value is -3.69. The highest BCUT2D eigenvalue weighted by molar-refractivity contribution is 6.02. The molecule has 0 radical (unpaired) electrons. The molecule has 3 rings (SSSR count). The van der Waals surface area contributed by atoms with Gasteiger partial charge in [0.25, 0.3) is 0 Å². The van der Waals surface area contributed by atoms with E-state index in [9.17, 15) is 31.5 Å². The fourth-order valence-electron chi connectivity index (χ4n) is 2.96. The summed E-state index contributed by atoms with van der Waals surface area (Å²) in [6.45, 7) is 2.03. The minimum absolute atomic E-state index is 0.1000. The summed E-state index contributed by atoms with van der Waals surface area (Å²) in [5.74, 6) is -2.31. The molecule has 0 atom stereocenters. The third-order valence-corrected chi connectivity index (χ3v) is 4.45. The number of allylic oxidation sites excluding steroid dienone is 4. The normalized spacial score (nSPS) is 13.9. The first kappa shape index (κ1) is 23.0. The zero-order valence-corrected chi connectivity index (χ0v) is 16.6. The van der Waals surface area contributed by atoms with Crippen LogP contribution >= 0.6 is 0 Å². The number of nitrogens with one attached hydrogen (secondary N) is 2. The van der Waals surface area contributed by atoms with Crippen LogP contribution in [0, 0.1) is 11.6 Å². The largest absolute Gasteiger partial charge is 0.490 e. The van der Waals surface area contributed by atoms with E-state index in [1.54, 1.807) is 13.0 Å². The number of hydrogen-bond donors (Lipinski definition) is 2. The Balaban J connectivity index is 1.73. The van der Waals surface area contributed by atoms with Gasteiger partial charge in [-0.2, -0.15) is 13.2 Å². The Bertz CT molecular complexity index is 1120. The first-order chi connectivity index (χ1) is 15.1. The van der Waals surface area contributed by atoms with Crippen LogP contribution in [0.1, 0.15) is 24.5 Å². The van der Waals surface area contributed by atoms with E-state index in [0.29, 0.717) is 29.9 Å². The molecule has 0 saturated heterocycles. The van der Waals surface area contributed by atoms with Crippen LogP contribution in [0.15, 0.2) is 54.3 Å². The van der Waals surface area contributed by atoms with Gasteiger partial charge in [-0.25, -0.2) is 13.6 Å². The molecule has 32 heavy (non-hydrogen) atoms. The van der Waals surface area contributed by atoms with Gasteiger partial charge in [-0.05, 0) is 54.5 Å². The van der Waals surface area contributed by atoms with Gasteiger partial charge in [0.1, 0.15) is 11.6 Å². The van der Waals surface area contributed by atoms with Crippen molar-refractivity contribution in [2.75, 3.05) is 17.2 Å². The van der Waals surface area contributed by atoms with Gasteiger partial charge in [-0.15, -0.1) is 0 Å². The first-order valence-corrected chi connectivity index (χ1v) is 9.41. The van der Waals surface area contributed by atoms with Gasteiger partial charge in [0.15, 0.2) is 5.76 Å². The SMILES string of the molecule is CCOC1=CC(c2ccc(NC(=O)Nc3ccc(F)c(C(F)(F)F)c3)c(F)c2)=CCC1=O. The van der Waals surface area contributed by atoms with Crippen molar-refractivity contribution in [1.29, 1.82) is 0 Å². The lowest BCUT2D eigenvalue weighted by Crippen LogP contribution is -2.21. The first-order valence-electron chi connectivity index (χ1n) is 9.41. The number of carbonyl (C=O) groups is 2. The van der Waals surface area contributed by atoms with E-state index in [1.807, 2.05) is 0 Å². The number of ether oxygens (including phenoxy) is 1. The van der Waals surface area contributed by atoms with Crippen LogP contribution in [0.2, 0.25) is 0 Å². The lowest BCUT2D eigenvalue weighted by atomic mass is 9.97. The predicted octanol–water partition coefficient (Wildman–Crippen LogP) is 5.90. The van der Waals surface area contributed by atoms with Gasteiger partial charge < -0.3 is 15.4 Å². The number of halogens is 5. The number of rotatable bonds is 5. The van der Waals surface area contributed by atoms with Gasteiger partial charge in [-0.1, -0.05) is 12.1 Å². The highest BCUT2D eigenvalue weighted by atomic mass is 19.4. The highest BCUT2D eigenvalue weighted by Gasteiger charge is 2.34. The number of urea groups is 1. The molecule has 0 bridgehead atoms. The van der Waals surface area contributed by atoms with Gasteiger partial charge in [0.2, 0.25) is 5.78 Å². The molecular formula is C22H17F5N2O3. The predicted molar refractivity (Wildman–Crippen MR) is 108 cm³/mol. The maximum Gasteiger partial charge on any atom is 0.419 e. The summed E-state index contributed by atoms with van der Waals surface area (Å²) in [5, 5.41) is 4.29. The maximum atomic E-state index is 14.5. The van der Waals surface area contributed by atoms with Crippen molar-refractivity contribution in [3.8, 4) is 0 Å². The summed E-state index contributed by atoms with van der Waals surface area (Å²) in [6, 6.07) is 4.84. The summed E-state index contributed by atoms with van der Waals surface area (Å²) >= 11 is 0. The minimum Gasteiger partial charge on any atom is -0.490 e. The highest BCUT2D eigenvalue weighted by Crippen LogP contribution is 2.33. The Morgan fingerprint density at radius 3 is 2.47 bits per heavy atom. The van der Waals surface area contributed by atoms with Crippen LogP contribution in [-0.4, -0.2) is 18.4 Å². The van der Waals surface area contributed by atoms with Crippen molar-refractivity contribution in [2.45, 2.75) is 19.5 Å². The summed E-state index contributed by atoms with van der Waals surface area (Å²) in [5.41, 5.74) is -1.09. The Morgan fingerprint density at radius 1 is 1.06 bits per heavy atom. The lowest BCUT2D eigenvalue weighted by Gasteiger charge is -2.15. The average molecular weight is 452 g/mol. The molecule has 2 aromatic rings. The third-order valence-electron chi connectivity index (χ3n) is 4.45. The van der Waals surface area contributed by atoms with Crippen molar-refractivity contribution in [3.63, 3.8) is 0 Å². The molecule has 10 heteroatoms. The molecule has 5 nitrogen and oxygen atoms in total. The zero-order chi connectivity index (χ0) is 23.5. The standard InChI is InChI=1S/C22H17F5N2O3/c1-2-32-20-10-13(4-8-19(20)30)12-3-7-18(17(24)9-12)29-21(31)28-14-5-6-16(23)15(11-14)22(25,26)27/h3-7,9-11H,2,8H2,1H3,(H2,28,29,31). The molecular weight excluding hydrogens is 435 g/mol. The van der Waals surface area contributed by atoms with Crippen molar-refractivity contribution in [2.24, 2.45) is 0 Å². The van der Waals surface area contributed by atoms with Crippen LogP contribution in [-0.2, 0) is 15.7 Å². The number of anilines is 2. The van der Waals surface area contributed by atoms with Crippen LogP contribution < -0.4 is 10.6 Å². The van der Waals surface area contributed by atoms with Crippen molar-refractivity contribution < 1.29 is 36.3 Å².